The minimum atomic E-state index is -0.133. The summed E-state index contributed by atoms with van der Waals surface area (Å²) in [6.07, 6.45) is 6.30. The fourth-order valence-electron chi connectivity index (χ4n) is 4.00. The third-order valence-electron chi connectivity index (χ3n) is 5.57. The quantitative estimate of drug-likeness (QED) is 0.649. The number of fused-ring (bicyclic) bond motifs is 1. The predicted molar refractivity (Wildman–Crippen MR) is 110 cm³/mol. The van der Waals surface area contributed by atoms with Gasteiger partial charge in [-0.05, 0) is 25.3 Å². The van der Waals surface area contributed by atoms with Crippen LogP contribution in [0.1, 0.15) is 61.3 Å². The number of unbranched alkanes of at least 4 members (excludes halogenated alkanes) is 2. The lowest BCUT2D eigenvalue weighted by molar-refractivity contribution is 0.0698. The Kier molecular flexibility index (Phi) is 5.69. The number of hydrogen-bond donors (Lipinski definition) is 1. The molecular formula is C21H26N6O2. The van der Waals surface area contributed by atoms with Crippen molar-refractivity contribution in [2.45, 2.75) is 51.5 Å². The maximum Gasteiger partial charge on any atom is 0.274 e. The first-order chi connectivity index (χ1) is 14.2. The SMILES string of the molecule is CCCCCn1nc(C(=O)N2CCC[C@@H](c3ncn[nH]3)C2)c2ccccc2c1=O. The zero-order valence-electron chi connectivity index (χ0n) is 16.7. The number of carbonyl (C=O) groups is 1. The van der Waals surface area contributed by atoms with E-state index in [0.29, 0.717) is 36.1 Å². The normalized spacial score (nSPS) is 17.0. The molecule has 2 aromatic heterocycles. The average molecular weight is 394 g/mol. The Morgan fingerprint density at radius 3 is 2.83 bits per heavy atom. The summed E-state index contributed by atoms with van der Waals surface area (Å²) in [5.41, 5.74) is 0.223. The fraction of sp³-hybridized carbons (Fsp3) is 0.476. The highest BCUT2D eigenvalue weighted by molar-refractivity contribution is 6.04. The Morgan fingerprint density at radius 1 is 1.24 bits per heavy atom. The highest BCUT2D eigenvalue weighted by Crippen LogP contribution is 2.26. The van der Waals surface area contributed by atoms with Gasteiger partial charge in [-0.15, -0.1) is 0 Å². The number of hydrogen-bond acceptors (Lipinski definition) is 5. The van der Waals surface area contributed by atoms with Crippen LogP contribution in [-0.4, -0.2) is 48.9 Å². The lowest BCUT2D eigenvalue weighted by Gasteiger charge is -2.31. The van der Waals surface area contributed by atoms with Gasteiger partial charge < -0.3 is 4.90 Å². The van der Waals surface area contributed by atoms with Crippen molar-refractivity contribution in [2.24, 2.45) is 0 Å². The number of aryl methyl sites for hydroxylation is 1. The van der Waals surface area contributed by atoms with Gasteiger partial charge in [-0.2, -0.15) is 10.2 Å². The van der Waals surface area contributed by atoms with Crippen molar-refractivity contribution in [2.75, 3.05) is 13.1 Å². The largest absolute Gasteiger partial charge is 0.337 e. The summed E-state index contributed by atoms with van der Waals surface area (Å²) in [4.78, 5) is 32.3. The molecular weight excluding hydrogens is 368 g/mol. The van der Waals surface area contributed by atoms with Gasteiger partial charge in [0.05, 0.1) is 5.39 Å². The van der Waals surface area contributed by atoms with Gasteiger partial charge in [0.15, 0.2) is 5.69 Å². The second kappa shape index (κ2) is 8.55. The summed E-state index contributed by atoms with van der Waals surface area (Å²) in [6, 6.07) is 7.26. The van der Waals surface area contributed by atoms with E-state index in [0.717, 1.165) is 37.9 Å². The maximum atomic E-state index is 13.4. The maximum absolute atomic E-state index is 13.4. The molecule has 0 bridgehead atoms. The number of nitrogens with one attached hydrogen (secondary N) is 1. The van der Waals surface area contributed by atoms with Crippen molar-refractivity contribution < 1.29 is 4.79 Å². The van der Waals surface area contributed by atoms with E-state index in [-0.39, 0.29) is 17.4 Å². The lowest BCUT2D eigenvalue weighted by Crippen LogP contribution is -2.40. The van der Waals surface area contributed by atoms with Gasteiger partial charge in [0.25, 0.3) is 11.5 Å². The van der Waals surface area contributed by atoms with E-state index in [9.17, 15) is 9.59 Å². The minimum absolute atomic E-state index is 0.130. The molecule has 0 saturated carbocycles. The number of amides is 1. The molecule has 0 spiro atoms. The number of aromatic amines is 1. The molecule has 1 fully saturated rings. The van der Waals surface area contributed by atoms with Gasteiger partial charge in [0, 0.05) is 30.9 Å². The van der Waals surface area contributed by atoms with Gasteiger partial charge in [-0.25, -0.2) is 9.67 Å². The molecule has 0 unspecified atom stereocenters. The summed E-state index contributed by atoms with van der Waals surface area (Å²) in [5.74, 6) is 0.816. The molecule has 3 heterocycles. The van der Waals surface area contributed by atoms with E-state index in [2.05, 4.69) is 27.2 Å². The van der Waals surface area contributed by atoms with Gasteiger partial charge in [0.2, 0.25) is 0 Å². The van der Waals surface area contributed by atoms with E-state index in [1.165, 1.54) is 11.0 Å². The third-order valence-corrected chi connectivity index (χ3v) is 5.57. The second-order valence-electron chi connectivity index (χ2n) is 7.59. The summed E-state index contributed by atoms with van der Waals surface area (Å²) in [5, 5.41) is 12.5. The van der Waals surface area contributed by atoms with Crippen LogP contribution in [0.25, 0.3) is 10.8 Å². The molecule has 0 aliphatic carbocycles. The summed E-state index contributed by atoms with van der Waals surface area (Å²) in [7, 11) is 0. The number of nitrogens with zero attached hydrogens (tertiary/aromatic N) is 5. The van der Waals surface area contributed by atoms with Crippen LogP contribution in [0.4, 0.5) is 0 Å². The van der Waals surface area contributed by atoms with Gasteiger partial charge in [0.1, 0.15) is 12.2 Å². The number of aromatic nitrogens is 5. The van der Waals surface area contributed by atoms with E-state index in [1.807, 2.05) is 23.1 Å². The molecule has 1 N–H and O–H groups in total. The smallest absolute Gasteiger partial charge is 0.274 e. The number of rotatable bonds is 6. The van der Waals surface area contributed by atoms with Crippen LogP contribution in [0.3, 0.4) is 0 Å². The van der Waals surface area contributed by atoms with Crippen LogP contribution in [-0.2, 0) is 6.54 Å². The van der Waals surface area contributed by atoms with Crippen molar-refractivity contribution >= 4 is 16.7 Å². The number of likely N-dealkylation sites (tertiary alicyclic amines) is 1. The van der Waals surface area contributed by atoms with Crippen molar-refractivity contribution in [1.82, 2.24) is 29.9 Å². The van der Waals surface area contributed by atoms with Crippen molar-refractivity contribution in [3.8, 4) is 0 Å². The molecule has 29 heavy (non-hydrogen) atoms. The Balaban J connectivity index is 1.67. The Bertz CT molecular complexity index is 1040. The molecule has 1 saturated heterocycles. The first-order valence-electron chi connectivity index (χ1n) is 10.3. The molecule has 1 aliphatic heterocycles. The Hall–Kier alpha value is -3.03. The summed E-state index contributed by atoms with van der Waals surface area (Å²) < 4.78 is 1.46. The zero-order valence-corrected chi connectivity index (χ0v) is 16.7. The monoisotopic (exact) mass is 394 g/mol. The van der Waals surface area contributed by atoms with Crippen LogP contribution in [0.15, 0.2) is 35.4 Å². The number of piperidine rings is 1. The van der Waals surface area contributed by atoms with E-state index in [4.69, 9.17) is 0 Å². The second-order valence-corrected chi connectivity index (χ2v) is 7.59. The van der Waals surface area contributed by atoms with Crippen LogP contribution in [0, 0.1) is 0 Å². The standard InChI is InChI=1S/C21H26N6O2/c1-2-3-6-12-27-20(28)17-10-5-4-9-16(17)18(25-27)21(29)26-11-7-8-15(13-26)19-22-14-23-24-19/h4-5,9-10,14-15H,2-3,6-8,11-13H2,1H3,(H,22,23,24)/t15-/m1/s1. The lowest BCUT2D eigenvalue weighted by atomic mass is 9.97. The molecule has 0 radical (unpaired) electrons. The van der Waals surface area contributed by atoms with E-state index < -0.39 is 0 Å². The number of benzene rings is 1. The Labute approximate surface area is 168 Å². The number of carbonyl (C=O) groups excluding carboxylic acids is 1. The molecule has 1 aromatic carbocycles. The number of H-pyrrole nitrogens is 1. The first kappa shape index (κ1) is 19.3. The van der Waals surface area contributed by atoms with Gasteiger partial charge in [-0.1, -0.05) is 38.0 Å². The van der Waals surface area contributed by atoms with E-state index in [1.54, 1.807) is 6.07 Å². The molecule has 1 amide bonds. The summed E-state index contributed by atoms with van der Waals surface area (Å²) >= 11 is 0. The third kappa shape index (κ3) is 3.92. The Morgan fingerprint density at radius 2 is 2.07 bits per heavy atom. The van der Waals surface area contributed by atoms with Gasteiger partial charge >= 0.3 is 0 Å². The van der Waals surface area contributed by atoms with Crippen LogP contribution in [0.2, 0.25) is 0 Å². The van der Waals surface area contributed by atoms with Crippen molar-refractivity contribution in [3.63, 3.8) is 0 Å². The first-order valence-corrected chi connectivity index (χ1v) is 10.3. The fourth-order valence-corrected chi connectivity index (χ4v) is 4.00. The van der Waals surface area contributed by atoms with Crippen LogP contribution in [0.5, 0.6) is 0 Å². The van der Waals surface area contributed by atoms with E-state index >= 15 is 0 Å². The molecule has 1 aliphatic rings. The molecule has 3 aromatic rings. The topological polar surface area (TPSA) is 96.8 Å². The minimum Gasteiger partial charge on any atom is -0.337 e. The zero-order chi connectivity index (χ0) is 20.2. The highest BCUT2D eigenvalue weighted by atomic mass is 16.2. The molecule has 152 valence electrons. The van der Waals surface area contributed by atoms with Crippen molar-refractivity contribution in [3.05, 3.63) is 52.5 Å². The average Bonchev–Trinajstić information content (AvgIpc) is 3.30. The predicted octanol–water partition coefficient (Wildman–Crippen LogP) is 2.72. The molecule has 8 heteroatoms. The molecule has 4 rings (SSSR count). The summed E-state index contributed by atoms with van der Waals surface area (Å²) in [6.45, 7) is 3.89. The van der Waals surface area contributed by atoms with Gasteiger partial charge in [-0.3, -0.25) is 14.7 Å². The van der Waals surface area contributed by atoms with Crippen molar-refractivity contribution in [1.29, 1.82) is 0 Å². The molecule has 8 nitrogen and oxygen atoms in total. The van der Waals surface area contributed by atoms with Crippen LogP contribution < -0.4 is 5.56 Å². The van der Waals surface area contributed by atoms with Crippen LogP contribution >= 0.6 is 0 Å². The highest BCUT2D eigenvalue weighted by Gasteiger charge is 2.29. The molecule has 1 atom stereocenters.